The standard InChI is InChI=1S/C22H23N3OS2/c1-3-4-12-28-22-17(14-23)20(18-11-8-13-27-18)19(15(2)24-22)21(26)25-16-9-6-5-7-10-16/h5-11,13,20,24H,3-4,12H2,1-2H3,(H,25,26). The molecule has 2 N–H and O–H groups in total. The molecule has 2 heterocycles. The number of para-hydroxylation sites is 1. The van der Waals surface area contributed by atoms with Gasteiger partial charge in [-0.15, -0.1) is 23.1 Å². The molecule has 1 unspecified atom stereocenters. The number of nitrogens with one attached hydrogen (secondary N) is 2. The SMILES string of the molecule is CCCCSC1=C(C#N)C(c2cccs2)C(C(=O)Nc2ccccc2)=C(C)N1. The Hall–Kier alpha value is -2.49. The predicted octanol–water partition coefficient (Wildman–Crippen LogP) is 5.62. The summed E-state index contributed by atoms with van der Waals surface area (Å²) in [6.07, 6.45) is 2.19. The first-order chi connectivity index (χ1) is 13.7. The molecule has 1 amide bonds. The minimum atomic E-state index is -0.348. The summed E-state index contributed by atoms with van der Waals surface area (Å²) in [7, 11) is 0. The maximum atomic E-state index is 13.2. The summed E-state index contributed by atoms with van der Waals surface area (Å²) in [6, 6.07) is 15.7. The number of carbonyl (C=O) groups excluding carboxylic acids is 1. The zero-order chi connectivity index (χ0) is 19.9. The van der Waals surface area contributed by atoms with Crippen LogP contribution in [0.3, 0.4) is 0 Å². The smallest absolute Gasteiger partial charge is 0.254 e. The van der Waals surface area contributed by atoms with E-state index in [0.29, 0.717) is 11.1 Å². The van der Waals surface area contributed by atoms with E-state index in [1.54, 1.807) is 23.1 Å². The number of allylic oxidation sites excluding steroid dienone is 2. The fourth-order valence-corrected chi connectivity index (χ4v) is 5.13. The number of rotatable bonds is 7. The van der Waals surface area contributed by atoms with Gasteiger partial charge in [0.25, 0.3) is 5.91 Å². The molecular weight excluding hydrogens is 386 g/mol. The van der Waals surface area contributed by atoms with Crippen LogP contribution in [0.1, 0.15) is 37.5 Å². The van der Waals surface area contributed by atoms with Gasteiger partial charge in [-0.25, -0.2) is 0 Å². The van der Waals surface area contributed by atoms with Crippen molar-refractivity contribution in [2.75, 3.05) is 11.1 Å². The molecule has 3 rings (SSSR count). The Kier molecular flexibility index (Phi) is 6.96. The van der Waals surface area contributed by atoms with E-state index in [9.17, 15) is 10.1 Å². The van der Waals surface area contributed by atoms with Gasteiger partial charge in [0, 0.05) is 21.8 Å². The van der Waals surface area contributed by atoms with Crippen molar-refractivity contribution in [2.24, 2.45) is 0 Å². The van der Waals surface area contributed by atoms with Crippen LogP contribution in [0.2, 0.25) is 0 Å². The minimum absolute atomic E-state index is 0.181. The van der Waals surface area contributed by atoms with E-state index in [1.807, 2.05) is 54.8 Å². The number of hydrogen-bond acceptors (Lipinski definition) is 5. The lowest BCUT2D eigenvalue weighted by Gasteiger charge is -2.29. The van der Waals surface area contributed by atoms with E-state index in [1.165, 1.54) is 0 Å². The quantitative estimate of drug-likeness (QED) is 0.583. The Labute approximate surface area is 174 Å². The van der Waals surface area contributed by atoms with Crippen molar-refractivity contribution in [3.8, 4) is 6.07 Å². The van der Waals surface area contributed by atoms with Crippen LogP contribution in [0.15, 0.2) is 69.7 Å². The number of thioether (sulfide) groups is 1. The molecule has 1 aliphatic heterocycles. The molecule has 1 aromatic heterocycles. The molecule has 4 nitrogen and oxygen atoms in total. The lowest BCUT2D eigenvalue weighted by Crippen LogP contribution is -2.30. The summed E-state index contributed by atoms with van der Waals surface area (Å²) in [4.78, 5) is 14.2. The van der Waals surface area contributed by atoms with Gasteiger partial charge in [0.05, 0.1) is 22.6 Å². The Morgan fingerprint density at radius 2 is 2.07 bits per heavy atom. The summed E-state index contributed by atoms with van der Waals surface area (Å²) in [5.41, 5.74) is 2.75. The molecule has 2 aromatic rings. The molecule has 0 aliphatic carbocycles. The second-order valence-electron chi connectivity index (χ2n) is 6.49. The molecule has 1 aromatic carbocycles. The van der Waals surface area contributed by atoms with Crippen LogP contribution in [0.5, 0.6) is 0 Å². The lowest BCUT2D eigenvalue weighted by atomic mass is 9.86. The number of unbranched alkanes of at least 4 members (excludes halogenated alkanes) is 1. The van der Waals surface area contributed by atoms with Gasteiger partial charge < -0.3 is 10.6 Å². The largest absolute Gasteiger partial charge is 0.353 e. The highest BCUT2D eigenvalue weighted by Crippen LogP contribution is 2.42. The number of dihydropyridines is 1. The Bertz CT molecular complexity index is 924. The maximum absolute atomic E-state index is 13.2. The zero-order valence-corrected chi connectivity index (χ0v) is 17.6. The van der Waals surface area contributed by atoms with Gasteiger partial charge in [0.15, 0.2) is 0 Å². The van der Waals surface area contributed by atoms with Crippen molar-refractivity contribution in [3.05, 3.63) is 74.6 Å². The van der Waals surface area contributed by atoms with E-state index >= 15 is 0 Å². The highest BCUT2D eigenvalue weighted by atomic mass is 32.2. The third kappa shape index (κ3) is 4.49. The van der Waals surface area contributed by atoms with Gasteiger partial charge in [0.1, 0.15) is 0 Å². The Morgan fingerprint density at radius 3 is 2.71 bits per heavy atom. The van der Waals surface area contributed by atoms with Crippen molar-refractivity contribution >= 4 is 34.7 Å². The molecule has 0 bridgehead atoms. The second kappa shape index (κ2) is 9.63. The fourth-order valence-electron chi connectivity index (χ4n) is 3.11. The van der Waals surface area contributed by atoms with Crippen molar-refractivity contribution < 1.29 is 4.79 Å². The minimum Gasteiger partial charge on any atom is -0.353 e. The van der Waals surface area contributed by atoms with Gasteiger partial charge >= 0.3 is 0 Å². The van der Waals surface area contributed by atoms with E-state index < -0.39 is 0 Å². The van der Waals surface area contributed by atoms with Crippen molar-refractivity contribution in [3.63, 3.8) is 0 Å². The van der Waals surface area contributed by atoms with E-state index in [-0.39, 0.29) is 11.8 Å². The second-order valence-corrected chi connectivity index (χ2v) is 8.57. The average molecular weight is 410 g/mol. The van der Waals surface area contributed by atoms with Crippen LogP contribution in [-0.4, -0.2) is 11.7 Å². The van der Waals surface area contributed by atoms with Gasteiger partial charge in [0.2, 0.25) is 0 Å². The third-order valence-electron chi connectivity index (χ3n) is 4.50. The summed E-state index contributed by atoms with van der Waals surface area (Å²) < 4.78 is 0. The third-order valence-corrected chi connectivity index (χ3v) is 6.54. The molecular formula is C22H23N3OS2. The summed E-state index contributed by atoms with van der Waals surface area (Å²) in [6.45, 7) is 4.06. The van der Waals surface area contributed by atoms with E-state index in [4.69, 9.17) is 0 Å². The van der Waals surface area contributed by atoms with Gasteiger partial charge in [-0.05, 0) is 42.7 Å². The maximum Gasteiger partial charge on any atom is 0.254 e. The zero-order valence-electron chi connectivity index (χ0n) is 16.0. The molecule has 0 radical (unpaired) electrons. The topological polar surface area (TPSA) is 64.9 Å². The molecule has 0 saturated carbocycles. The fraction of sp³-hybridized carbons (Fsp3) is 0.273. The lowest BCUT2D eigenvalue weighted by molar-refractivity contribution is -0.113. The predicted molar refractivity (Wildman–Crippen MR) is 118 cm³/mol. The van der Waals surface area contributed by atoms with Crippen LogP contribution in [0.4, 0.5) is 5.69 Å². The first kappa shape index (κ1) is 20.2. The number of nitriles is 1. The van der Waals surface area contributed by atoms with Crippen LogP contribution < -0.4 is 10.6 Å². The summed E-state index contributed by atoms with van der Waals surface area (Å²) in [5.74, 6) is 0.416. The van der Waals surface area contributed by atoms with Gasteiger partial charge in [-0.3, -0.25) is 4.79 Å². The number of thiophene rings is 1. The summed E-state index contributed by atoms with van der Waals surface area (Å²) >= 11 is 3.23. The van der Waals surface area contributed by atoms with Crippen LogP contribution in [-0.2, 0) is 4.79 Å². The Balaban J connectivity index is 1.97. The monoisotopic (exact) mass is 409 g/mol. The van der Waals surface area contributed by atoms with E-state index in [0.717, 1.165) is 39.9 Å². The molecule has 28 heavy (non-hydrogen) atoms. The number of benzene rings is 1. The number of anilines is 1. The first-order valence-electron chi connectivity index (χ1n) is 9.30. The van der Waals surface area contributed by atoms with Crippen molar-refractivity contribution in [1.29, 1.82) is 5.26 Å². The van der Waals surface area contributed by atoms with Crippen molar-refractivity contribution in [2.45, 2.75) is 32.6 Å². The molecule has 1 aliphatic rings. The molecule has 1 atom stereocenters. The summed E-state index contributed by atoms with van der Waals surface area (Å²) in [5, 5.41) is 19.1. The number of hydrogen-bond donors (Lipinski definition) is 2. The molecule has 0 fully saturated rings. The highest BCUT2D eigenvalue weighted by Gasteiger charge is 2.35. The van der Waals surface area contributed by atoms with Crippen LogP contribution in [0.25, 0.3) is 0 Å². The molecule has 6 heteroatoms. The van der Waals surface area contributed by atoms with Crippen LogP contribution >= 0.6 is 23.1 Å². The normalized spacial score (nSPS) is 16.5. The molecule has 0 spiro atoms. The van der Waals surface area contributed by atoms with Gasteiger partial charge in [-0.2, -0.15) is 5.26 Å². The van der Waals surface area contributed by atoms with E-state index in [2.05, 4.69) is 23.6 Å². The molecule has 0 saturated heterocycles. The van der Waals surface area contributed by atoms with Crippen molar-refractivity contribution in [1.82, 2.24) is 5.32 Å². The first-order valence-corrected chi connectivity index (χ1v) is 11.2. The Morgan fingerprint density at radius 1 is 1.29 bits per heavy atom. The van der Waals surface area contributed by atoms with Gasteiger partial charge in [-0.1, -0.05) is 37.6 Å². The number of nitrogens with zero attached hydrogens (tertiary/aromatic N) is 1. The molecule has 144 valence electrons. The van der Waals surface area contributed by atoms with Crippen LogP contribution in [0, 0.1) is 11.3 Å². The number of amides is 1. The average Bonchev–Trinajstić information content (AvgIpc) is 3.23. The number of carbonyl (C=O) groups is 1. The highest BCUT2D eigenvalue weighted by molar-refractivity contribution is 8.03.